The maximum absolute atomic E-state index is 8.99. The van der Waals surface area contributed by atoms with Crippen LogP contribution in [0.25, 0.3) is 0 Å². The molecule has 15 heavy (non-hydrogen) atoms. The molecule has 1 N–H and O–H groups in total. The van der Waals surface area contributed by atoms with Crippen molar-refractivity contribution in [1.29, 1.82) is 0 Å². The third-order valence-electron chi connectivity index (χ3n) is 2.49. The Kier molecular flexibility index (Phi) is 3.11. The molecule has 1 aliphatic heterocycles. The van der Waals surface area contributed by atoms with Crippen molar-refractivity contribution in [3.63, 3.8) is 0 Å². The Hall–Kier alpha value is -0.420. The van der Waals surface area contributed by atoms with Crippen LogP contribution < -0.4 is 0 Å². The van der Waals surface area contributed by atoms with E-state index in [-0.39, 0.29) is 12.7 Å². The summed E-state index contributed by atoms with van der Waals surface area (Å²) in [5, 5.41) is 8.99. The van der Waals surface area contributed by atoms with Crippen LogP contribution in [0.4, 0.5) is 0 Å². The minimum absolute atomic E-state index is 0.0103. The highest BCUT2D eigenvalue weighted by Crippen LogP contribution is 2.34. The summed E-state index contributed by atoms with van der Waals surface area (Å²) < 4.78 is 12.2. The molecule has 0 bridgehead atoms. The molecule has 0 radical (unpaired) electrons. The van der Waals surface area contributed by atoms with Gasteiger partial charge in [0.05, 0.1) is 13.2 Å². The van der Waals surface area contributed by atoms with Gasteiger partial charge in [0.2, 0.25) is 0 Å². The van der Waals surface area contributed by atoms with Crippen molar-refractivity contribution in [2.45, 2.75) is 18.8 Å². The third-order valence-corrected chi connectivity index (χ3v) is 2.98. The number of benzene rings is 1. The zero-order valence-electron chi connectivity index (χ0n) is 8.44. The molecule has 1 saturated heterocycles. The summed E-state index contributed by atoms with van der Waals surface area (Å²) in [4.78, 5) is 0. The summed E-state index contributed by atoms with van der Waals surface area (Å²) in [5.41, 5.74) is 0.952. The van der Waals surface area contributed by atoms with Gasteiger partial charge in [0.1, 0.15) is 6.10 Å². The molecule has 0 saturated carbocycles. The second-order valence-corrected chi connectivity index (χ2v) is 4.61. The molecular formula is C11H13BrO3. The molecule has 0 amide bonds. The van der Waals surface area contributed by atoms with Gasteiger partial charge in [-0.15, -0.1) is 0 Å². The average molecular weight is 273 g/mol. The van der Waals surface area contributed by atoms with Crippen molar-refractivity contribution >= 4 is 15.9 Å². The van der Waals surface area contributed by atoms with E-state index in [1.807, 2.05) is 31.2 Å². The fourth-order valence-corrected chi connectivity index (χ4v) is 2.05. The summed E-state index contributed by atoms with van der Waals surface area (Å²) in [5.74, 6) is -0.739. The normalized spacial score (nSPS) is 30.7. The molecule has 1 aromatic rings. The predicted molar refractivity (Wildman–Crippen MR) is 59.4 cm³/mol. The molecule has 1 aromatic carbocycles. The number of aliphatic hydroxyl groups excluding tert-OH is 1. The number of halogens is 1. The lowest BCUT2D eigenvalue weighted by atomic mass is 10.1. The van der Waals surface area contributed by atoms with E-state index in [1.54, 1.807) is 0 Å². The minimum Gasteiger partial charge on any atom is -0.394 e. The molecule has 4 heteroatoms. The van der Waals surface area contributed by atoms with E-state index in [9.17, 15) is 0 Å². The Balaban J connectivity index is 2.23. The Morgan fingerprint density at radius 3 is 3.00 bits per heavy atom. The van der Waals surface area contributed by atoms with Gasteiger partial charge in [-0.2, -0.15) is 0 Å². The fraction of sp³-hybridized carbons (Fsp3) is 0.455. The Bertz CT molecular complexity index is 355. The lowest BCUT2D eigenvalue weighted by Gasteiger charge is -2.23. The first-order chi connectivity index (χ1) is 7.14. The highest BCUT2D eigenvalue weighted by molar-refractivity contribution is 9.10. The molecule has 1 aliphatic rings. The van der Waals surface area contributed by atoms with Gasteiger partial charge in [-0.25, -0.2) is 0 Å². The molecule has 1 fully saturated rings. The van der Waals surface area contributed by atoms with Crippen LogP contribution in [0.15, 0.2) is 28.7 Å². The van der Waals surface area contributed by atoms with Crippen molar-refractivity contribution < 1.29 is 14.6 Å². The van der Waals surface area contributed by atoms with Gasteiger partial charge in [-0.1, -0.05) is 28.1 Å². The summed E-state index contributed by atoms with van der Waals surface area (Å²) in [6.45, 7) is 2.29. The quantitative estimate of drug-likeness (QED) is 0.896. The lowest BCUT2D eigenvalue weighted by Crippen LogP contribution is -2.24. The van der Waals surface area contributed by atoms with E-state index >= 15 is 0 Å². The number of rotatable bonds is 2. The molecule has 0 spiro atoms. The highest BCUT2D eigenvalue weighted by Gasteiger charge is 2.38. The lowest BCUT2D eigenvalue weighted by molar-refractivity contribution is -0.165. The van der Waals surface area contributed by atoms with Crippen LogP contribution in [0.3, 0.4) is 0 Å². The van der Waals surface area contributed by atoms with Crippen LogP contribution in [0.5, 0.6) is 0 Å². The first kappa shape index (κ1) is 11.1. The third kappa shape index (κ3) is 2.23. The minimum atomic E-state index is -0.739. The molecule has 2 unspecified atom stereocenters. The second-order valence-electron chi connectivity index (χ2n) is 3.69. The van der Waals surface area contributed by atoms with Crippen molar-refractivity contribution in [2.24, 2.45) is 0 Å². The Morgan fingerprint density at radius 2 is 2.40 bits per heavy atom. The first-order valence-electron chi connectivity index (χ1n) is 4.83. The van der Waals surface area contributed by atoms with Crippen LogP contribution in [-0.2, 0) is 15.3 Å². The van der Waals surface area contributed by atoms with Gasteiger partial charge < -0.3 is 14.6 Å². The van der Waals surface area contributed by atoms with E-state index in [0.29, 0.717) is 6.61 Å². The van der Waals surface area contributed by atoms with Crippen LogP contribution >= 0.6 is 15.9 Å². The van der Waals surface area contributed by atoms with E-state index in [4.69, 9.17) is 14.6 Å². The number of hydrogen-bond donors (Lipinski definition) is 1. The monoisotopic (exact) mass is 272 g/mol. The van der Waals surface area contributed by atoms with Gasteiger partial charge in [0.15, 0.2) is 5.79 Å². The van der Waals surface area contributed by atoms with Crippen LogP contribution in [0.2, 0.25) is 0 Å². The Morgan fingerprint density at radius 1 is 1.60 bits per heavy atom. The summed E-state index contributed by atoms with van der Waals surface area (Å²) in [6.07, 6.45) is -0.228. The van der Waals surface area contributed by atoms with Gasteiger partial charge in [0, 0.05) is 10.0 Å². The van der Waals surface area contributed by atoms with Crippen molar-refractivity contribution in [2.75, 3.05) is 13.2 Å². The zero-order chi connectivity index (χ0) is 10.9. The first-order valence-corrected chi connectivity index (χ1v) is 5.62. The zero-order valence-corrected chi connectivity index (χ0v) is 10.0. The van der Waals surface area contributed by atoms with Crippen molar-refractivity contribution in [3.05, 3.63) is 34.3 Å². The highest BCUT2D eigenvalue weighted by atomic mass is 79.9. The number of ether oxygens (including phenoxy) is 2. The topological polar surface area (TPSA) is 38.7 Å². The predicted octanol–water partition coefficient (Wildman–Crippen LogP) is 2.03. The molecule has 1 heterocycles. The number of hydrogen-bond acceptors (Lipinski definition) is 3. The van der Waals surface area contributed by atoms with Gasteiger partial charge >= 0.3 is 0 Å². The average Bonchev–Trinajstić information content (AvgIpc) is 2.62. The fourth-order valence-electron chi connectivity index (χ4n) is 1.65. The van der Waals surface area contributed by atoms with E-state index in [0.717, 1.165) is 10.0 Å². The largest absolute Gasteiger partial charge is 0.394 e. The van der Waals surface area contributed by atoms with Crippen LogP contribution in [0.1, 0.15) is 12.5 Å². The summed E-state index contributed by atoms with van der Waals surface area (Å²) >= 11 is 3.41. The van der Waals surface area contributed by atoms with Crippen LogP contribution in [-0.4, -0.2) is 24.4 Å². The molecule has 2 rings (SSSR count). The van der Waals surface area contributed by atoms with Gasteiger partial charge in [0.25, 0.3) is 0 Å². The van der Waals surface area contributed by atoms with Gasteiger partial charge in [-0.3, -0.25) is 0 Å². The van der Waals surface area contributed by atoms with Crippen molar-refractivity contribution in [3.8, 4) is 0 Å². The SMILES string of the molecule is CC1(c2cccc(Br)c2)OCC(CO)O1. The summed E-state index contributed by atoms with van der Waals surface area (Å²) in [6, 6.07) is 7.79. The Labute approximate surface area is 97.1 Å². The maximum atomic E-state index is 8.99. The summed E-state index contributed by atoms with van der Waals surface area (Å²) in [7, 11) is 0. The van der Waals surface area contributed by atoms with E-state index in [1.165, 1.54) is 0 Å². The standard InChI is InChI=1S/C11H13BrO3/c1-11(14-7-10(6-13)15-11)8-3-2-4-9(12)5-8/h2-5,10,13H,6-7H2,1H3. The molecule has 0 aromatic heterocycles. The smallest absolute Gasteiger partial charge is 0.192 e. The van der Waals surface area contributed by atoms with E-state index in [2.05, 4.69) is 15.9 Å². The number of aliphatic hydroxyl groups is 1. The molecule has 82 valence electrons. The molecule has 2 atom stereocenters. The van der Waals surface area contributed by atoms with Crippen LogP contribution in [0, 0.1) is 0 Å². The van der Waals surface area contributed by atoms with E-state index < -0.39 is 5.79 Å². The second kappa shape index (κ2) is 4.22. The van der Waals surface area contributed by atoms with Gasteiger partial charge in [-0.05, 0) is 19.1 Å². The van der Waals surface area contributed by atoms with Crippen molar-refractivity contribution in [1.82, 2.24) is 0 Å². The maximum Gasteiger partial charge on any atom is 0.192 e. The molecule has 0 aliphatic carbocycles. The molecule has 3 nitrogen and oxygen atoms in total. The molecular weight excluding hydrogens is 260 g/mol.